The molecule has 3 N–H and O–H groups in total. The van der Waals surface area contributed by atoms with Gasteiger partial charge in [0, 0.05) is 12.2 Å². The summed E-state index contributed by atoms with van der Waals surface area (Å²) < 4.78 is 43.2. The lowest BCUT2D eigenvalue weighted by molar-refractivity contribution is -0.137. The summed E-state index contributed by atoms with van der Waals surface area (Å²) in [5, 5.41) is 2.51. The third-order valence-corrected chi connectivity index (χ3v) is 3.31. The predicted molar refractivity (Wildman–Crippen MR) is 74.9 cm³/mol. The van der Waals surface area contributed by atoms with Crippen LogP contribution in [-0.2, 0) is 15.7 Å². The molecule has 2 rings (SSSR count). The van der Waals surface area contributed by atoms with Gasteiger partial charge in [0.15, 0.2) is 0 Å². The Morgan fingerprint density at radius 3 is 2.67 bits per heavy atom. The molecule has 1 aliphatic heterocycles. The van der Waals surface area contributed by atoms with Crippen molar-refractivity contribution in [3.63, 3.8) is 0 Å². The van der Waals surface area contributed by atoms with Crippen LogP contribution in [0.5, 0.6) is 0 Å². The Hall–Kier alpha value is -1.67. The Morgan fingerprint density at radius 1 is 1.43 bits per heavy atom. The molecule has 0 radical (unpaired) electrons. The van der Waals surface area contributed by atoms with Crippen LogP contribution in [0.15, 0.2) is 18.2 Å². The smallest absolute Gasteiger partial charge is 0.389 e. The summed E-state index contributed by atoms with van der Waals surface area (Å²) in [6.45, 7) is 0.493. The van der Waals surface area contributed by atoms with Crippen molar-refractivity contribution in [1.29, 1.82) is 0 Å². The first-order valence-electron chi connectivity index (χ1n) is 6.22. The van der Waals surface area contributed by atoms with Crippen LogP contribution < -0.4 is 11.1 Å². The van der Waals surface area contributed by atoms with Crippen LogP contribution in [0.3, 0.4) is 0 Å². The fourth-order valence-corrected chi connectivity index (χ4v) is 2.20. The first kappa shape index (κ1) is 15.7. The van der Waals surface area contributed by atoms with Crippen molar-refractivity contribution in [3.8, 4) is 0 Å². The van der Waals surface area contributed by atoms with Crippen molar-refractivity contribution in [1.82, 2.24) is 0 Å². The summed E-state index contributed by atoms with van der Waals surface area (Å²) in [5.41, 5.74) is 4.69. The summed E-state index contributed by atoms with van der Waals surface area (Å²) in [5.74, 6) is -0.412. The lowest BCUT2D eigenvalue weighted by Crippen LogP contribution is -2.28. The van der Waals surface area contributed by atoms with Crippen LogP contribution >= 0.6 is 12.2 Å². The molecule has 1 unspecified atom stereocenters. The maximum Gasteiger partial charge on any atom is 0.416 e. The lowest BCUT2D eigenvalue weighted by atomic mass is 10.1. The van der Waals surface area contributed by atoms with Gasteiger partial charge >= 0.3 is 6.18 Å². The second-order valence-electron chi connectivity index (χ2n) is 4.61. The third-order valence-electron chi connectivity index (χ3n) is 3.09. The van der Waals surface area contributed by atoms with Crippen LogP contribution in [0, 0.1) is 0 Å². The maximum absolute atomic E-state index is 12.7. The van der Waals surface area contributed by atoms with Gasteiger partial charge in [0.05, 0.1) is 11.3 Å². The highest BCUT2D eigenvalue weighted by molar-refractivity contribution is 7.80. The van der Waals surface area contributed by atoms with Gasteiger partial charge in [-0.1, -0.05) is 12.2 Å². The van der Waals surface area contributed by atoms with Gasteiger partial charge in [-0.3, -0.25) is 4.79 Å². The van der Waals surface area contributed by atoms with E-state index in [1.165, 1.54) is 0 Å². The highest BCUT2D eigenvalue weighted by Crippen LogP contribution is 2.32. The van der Waals surface area contributed by atoms with Crippen molar-refractivity contribution in [2.75, 3.05) is 11.9 Å². The molecule has 8 heteroatoms. The molecule has 21 heavy (non-hydrogen) atoms. The van der Waals surface area contributed by atoms with Gasteiger partial charge in [-0.05, 0) is 31.0 Å². The number of amides is 1. The second kappa shape index (κ2) is 5.98. The number of nitrogens with two attached hydrogens (primary N) is 1. The van der Waals surface area contributed by atoms with E-state index in [1.54, 1.807) is 0 Å². The standard InChI is InChI=1S/C13H13F3N2O2S/c14-13(15,16)7-3-4-9(8(6-7)11(17)21)18-12(19)10-2-1-5-20-10/h3-4,6,10H,1-2,5H2,(H2,17,21)(H,18,19). The molecular weight excluding hydrogens is 305 g/mol. The summed E-state index contributed by atoms with van der Waals surface area (Å²) in [6.07, 6.45) is -3.75. The number of thiocarbonyl (C=S) groups is 1. The number of alkyl halides is 3. The van der Waals surface area contributed by atoms with E-state index in [0.29, 0.717) is 13.0 Å². The van der Waals surface area contributed by atoms with Crippen molar-refractivity contribution in [3.05, 3.63) is 29.3 Å². The van der Waals surface area contributed by atoms with Gasteiger partial charge in [-0.25, -0.2) is 0 Å². The number of benzene rings is 1. The number of ether oxygens (including phenoxy) is 1. The van der Waals surface area contributed by atoms with Gasteiger partial charge in [-0.2, -0.15) is 13.2 Å². The Morgan fingerprint density at radius 2 is 2.14 bits per heavy atom. The monoisotopic (exact) mass is 318 g/mol. The van der Waals surface area contributed by atoms with Gasteiger partial charge in [-0.15, -0.1) is 0 Å². The van der Waals surface area contributed by atoms with Gasteiger partial charge in [0.25, 0.3) is 5.91 Å². The Kier molecular flexibility index (Phi) is 4.48. The molecule has 0 saturated carbocycles. The van der Waals surface area contributed by atoms with Crippen molar-refractivity contribution in [2.45, 2.75) is 25.1 Å². The van der Waals surface area contributed by atoms with Crippen LogP contribution in [0.2, 0.25) is 0 Å². The van der Waals surface area contributed by atoms with Gasteiger partial charge in [0.2, 0.25) is 0 Å². The van der Waals surface area contributed by atoms with Gasteiger partial charge < -0.3 is 15.8 Å². The molecule has 0 spiro atoms. The molecule has 1 aliphatic rings. The summed E-state index contributed by atoms with van der Waals surface area (Å²) in [7, 11) is 0. The minimum absolute atomic E-state index is 0.0221. The molecular formula is C13H13F3N2O2S. The van der Waals surface area contributed by atoms with Crippen molar-refractivity contribution >= 4 is 28.8 Å². The number of halogens is 3. The van der Waals surface area contributed by atoms with Gasteiger partial charge in [0.1, 0.15) is 11.1 Å². The Balaban J connectivity index is 2.26. The van der Waals surface area contributed by atoms with E-state index in [-0.39, 0.29) is 16.2 Å². The molecule has 114 valence electrons. The number of hydrogen-bond acceptors (Lipinski definition) is 3. The average Bonchev–Trinajstić information content (AvgIpc) is 2.91. The van der Waals surface area contributed by atoms with Crippen molar-refractivity contribution in [2.24, 2.45) is 5.73 Å². The minimum atomic E-state index is -4.50. The first-order valence-corrected chi connectivity index (χ1v) is 6.63. The third kappa shape index (κ3) is 3.70. The SMILES string of the molecule is NC(=S)c1cc(C(F)(F)F)ccc1NC(=O)C1CCCO1. The molecule has 1 amide bonds. The van der Waals surface area contributed by atoms with Crippen molar-refractivity contribution < 1.29 is 22.7 Å². The Labute approximate surface area is 124 Å². The maximum atomic E-state index is 12.7. The molecule has 1 aromatic rings. The lowest BCUT2D eigenvalue weighted by Gasteiger charge is -2.15. The Bertz CT molecular complexity index is 569. The van der Waals surface area contributed by atoms with Crippen LogP contribution in [-0.4, -0.2) is 23.6 Å². The number of anilines is 1. The topological polar surface area (TPSA) is 64.3 Å². The molecule has 0 aromatic heterocycles. The summed E-state index contributed by atoms with van der Waals surface area (Å²) >= 11 is 4.75. The largest absolute Gasteiger partial charge is 0.416 e. The van der Waals surface area contributed by atoms with E-state index in [0.717, 1.165) is 24.6 Å². The fourth-order valence-electron chi connectivity index (χ4n) is 2.03. The molecule has 1 heterocycles. The van der Waals surface area contributed by atoms with E-state index >= 15 is 0 Å². The van der Waals surface area contributed by atoms with E-state index in [4.69, 9.17) is 22.7 Å². The molecule has 0 aliphatic carbocycles. The molecule has 1 atom stereocenters. The fraction of sp³-hybridized carbons (Fsp3) is 0.385. The second-order valence-corrected chi connectivity index (χ2v) is 5.05. The zero-order chi connectivity index (χ0) is 15.6. The van der Waals surface area contributed by atoms with E-state index < -0.39 is 23.8 Å². The number of rotatable bonds is 3. The summed E-state index contributed by atoms with van der Waals surface area (Å²) in [6, 6.07) is 2.84. The first-order chi connectivity index (χ1) is 9.79. The molecule has 1 saturated heterocycles. The number of carbonyl (C=O) groups excluding carboxylic acids is 1. The van der Waals surface area contributed by atoms with E-state index in [1.807, 2.05) is 0 Å². The quantitative estimate of drug-likeness (QED) is 0.840. The zero-order valence-electron chi connectivity index (χ0n) is 10.9. The highest BCUT2D eigenvalue weighted by Gasteiger charge is 2.32. The molecule has 1 aromatic carbocycles. The van der Waals surface area contributed by atoms with Crippen LogP contribution in [0.1, 0.15) is 24.0 Å². The van der Waals surface area contributed by atoms with Crippen LogP contribution in [0.4, 0.5) is 18.9 Å². The molecule has 4 nitrogen and oxygen atoms in total. The zero-order valence-corrected chi connectivity index (χ0v) is 11.7. The number of carbonyl (C=O) groups is 1. The normalized spacial score (nSPS) is 18.5. The van der Waals surface area contributed by atoms with E-state index in [9.17, 15) is 18.0 Å². The average molecular weight is 318 g/mol. The molecule has 0 bridgehead atoms. The summed E-state index contributed by atoms with van der Waals surface area (Å²) in [4.78, 5) is 11.7. The van der Waals surface area contributed by atoms with E-state index in [2.05, 4.69) is 5.32 Å². The number of nitrogens with one attached hydrogen (secondary N) is 1. The number of hydrogen-bond donors (Lipinski definition) is 2. The minimum Gasteiger partial charge on any atom is -0.389 e. The highest BCUT2D eigenvalue weighted by atomic mass is 32.1. The van der Waals surface area contributed by atoms with Crippen LogP contribution in [0.25, 0.3) is 0 Å². The molecule has 1 fully saturated rings. The predicted octanol–water partition coefficient (Wildman–Crippen LogP) is 2.46.